The van der Waals surface area contributed by atoms with Crippen molar-refractivity contribution >= 4 is 33.3 Å². The number of nitrogens with one attached hydrogen (secondary N) is 2. The molecule has 1 aromatic heterocycles. The van der Waals surface area contributed by atoms with Gasteiger partial charge in [-0.25, -0.2) is 9.78 Å². The van der Waals surface area contributed by atoms with E-state index in [0.717, 1.165) is 11.1 Å². The third-order valence-electron chi connectivity index (χ3n) is 3.03. The minimum atomic E-state index is -0.280. The molecule has 2 aromatic carbocycles. The summed E-state index contributed by atoms with van der Waals surface area (Å²) in [5.41, 5.74) is 0. The highest BCUT2D eigenvalue weighted by Gasteiger charge is 2.02. The fourth-order valence-electron chi connectivity index (χ4n) is 2.02. The lowest BCUT2D eigenvalue weighted by molar-refractivity contribution is 0.247. The second-order valence-corrected chi connectivity index (χ2v) is 5.47. The van der Waals surface area contributed by atoms with E-state index in [4.69, 9.17) is 4.74 Å². The highest BCUT2D eigenvalue weighted by molar-refractivity contribution is 7.13. The summed E-state index contributed by atoms with van der Waals surface area (Å²) in [6.45, 7) is 0.827. The number of rotatable bonds is 5. The van der Waals surface area contributed by atoms with Crippen molar-refractivity contribution in [3.8, 4) is 5.75 Å². The van der Waals surface area contributed by atoms with Crippen molar-refractivity contribution in [1.29, 1.82) is 0 Å². The molecule has 0 radical (unpaired) electrons. The molecule has 112 valence electrons. The summed E-state index contributed by atoms with van der Waals surface area (Å²) in [4.78, 5) is 15.6. The van der Waals surface area contributed by atoms with Gasteiger partial charge in [0.15, 0.2) is 5.13 Å². The van der Waals surface area contributed by atoms with Crippen LogP contribution >= 0.6 is 11.3 Å². The summed E-state index contributed by atoms with van der Waals surface area (Å²) in [6.07, 6.45) is 1.64. The Bertz CT molecular complexity index is 759. The second kappa shape index (κ2) is 6.91. The number of hydrogen-bond acceptors (Lipinski definition) is 4. The van der Waals surface area contributed by atoms with Gasteiger partial charge in [-0.3, -0.25) is 5.32 Å². The van der Waals surface area contributed by atoms with Crippen LogP contribution in [-0.4, -0.2) is 24.2 Å². The highest BCUT2D eigenvalue weighted by Crippen LogP contribution is 2.20. The first kappa shape index (κ1) is 14.3. The maximum atomic E-state index is 11.6. The zero-order valence-corrected chi connectivity index (χ0v) is 12.6. The Labute approximate surface area is 131 Å². The Morgan fingerprint density at radius 1 is 1.18 bits per heavy atom. The van der Waals surface area contributed by atoms with Crippen LogP contribution in [0.2, 0.25) is 0 Å². The van der Waals surface area contributed by atoms with Crippen LogP contribution in [0.25, 0.3) is 10.8 Å². The molecule has 0 saturated heterocycles. The van der Waals surface area contributed by atoms with Crippen LogP contribution in [0.3, 0.4) is 0 Å². The molecule has 5 nitrogen and oxygen atoms in total. The van der Waals surface area contributed by atoms with Gasteiger partial charge in [-0.05, 0) is 22.9 Å². The standard InChI is InChI=1S/C16H15N3O2S/c20-15(19-16-18-8-10-22-16)17-7-9-21-14-6-5-12-3-1-2-4-13(12)11-14/h1-6,8,10-11H,7,9H2,(H2,17,18,19,20). The smallest absolute Gasteiger partial charge is 0.321 e. The Kier molecular flexibility index (Phi) is 4.50. The van der Waals surface area contributed by atoms with E-state index >= 15 is 0 Å². The first-order chi connectivity index (χ1) is 10.8. The number of thiazole rings is 1. The zero-order valence-electron chi connectivity index (χ0n) is 11.8. The Morgan fingerprint density at radius 2 is 2.05 bits per heavy atom. The largest absolute Gasteiger partial charge is 0.492 e. The van der Waals surface area contributed by atoms with Gasteiger partial charge in [-0.1, -0.05) is 30.3 Å². The molecule has 0 spiro atoms. The first-order valence-electron chi connectivity index (χ1n) is 6.87. The summed E-state index contributed by atoms with van der Waals surface area (Å²) in [5.74, 6) is 0.792. The van der Waals surface area contributed by atoms with Crippen molar-refractivity contribution in [3.05, 3.63) is 54.0 Å². The number of anilines is 1. The molecule has 0 aliphatic heterocycles. The van der Waals surface area contributed by atoms with E-state index in [0.29, 0.717) is 18.3 Å². The lowest BCUT2D eigenvalue weighted by atomic mass is 10.1. The van der Waals surface area contributed by atoms with Gasteiger partial charge in [-0.2, -0.15) is 0 Å². The van der Waals surface area contributed by atoms with Crippen molar-refractivity contribution in [2.75, 3.05) is 18.5 Å². The number of hydrogen-bond donors (Lipinski definition) is 2. The minimum Gasteiger partial charge on any atom is -0.492 e. The van der Waals surface area contributed by atoms with Crippen LogP contribution in [0.15, 0.2) is 54.0 Å². The zero-order chi connectivity index (χ0) is 15.2. The van der Waals surface area contributed by atoms with E-state index in [9.17, 15) is 4.79 Å². The van der Waals surface area contributed by atoms with E-state index in [1.54, 1.807) is 11.6 Å². The number of ether oxygens (including phenoxy) is 1. The molecular formula is C16H15N3O2S. The SMILES string of the molecule is O=C(NCCOc1ccc2ccccc2c1)Nc1nccs1. The van der Waals surface area contributed by atoms with Gasteiger partial charge in [0.2, 0.25) is 0 Å². The van der Waals surface area contributed by atoms with Crippen LogP contribution < -0.4 is 15.4 Å². The molecule has 1 heterocycles. The number of amides is 2. The molecule has 3 aromatic rings. The van der Waals surface area contributed by atoms with Crippen LogP contribution in [0, 0.1) is 0 Å². The monoisotopic (exact) mass is 313 g/mol. The lowest BCUT2D eigenvalue weighted by Gasteiger charge is -2.08. The summed E-state index contributed by atoms with van der Waals surface area (Å²) >= 11 is 1.37. The van der Waals surface area contributed by atoms with Crippen LogP contribution in [0.5, 0.6) is 5.75 Å². The number of fused-ring (bicyclic) bond motifs is 1. The molecule has 0 unspecified atom stereocenters. The average molecular weight is 313 g/mol. The van der Waals surface area contributed by atoms with E-state index in [1.807, 2.05) is 36.4 Å². The van der Waals surface area contributed by atoms with Crippen molar-refractivity contribution in [2.45, 2.75) is 0 Å². The van der Waals surface area contributed by atoms with Crippen LogP contribution in [0.4, 0.5) is 9.93 Å². The van der Waals surface area contributed by atoms with Gasteiger partial charge in [0.1, 0.15) is 12.4 Å². The molecule has 0 saturated carbocycles. The molecule has 0 bridgehead atoms. The van der Waals surface area contributed by atoms with Crippen molar-refractivity contribution < 1.29 is 9.53 Å². The number of urea groups is 1. The van der Waals surface area contributed by atoms with Gasteiger partial charge in [0, 0.05) is 11.6 Å². The van der Waals surface area contributed by atoms with Gasteiger partial charge in [-0.15, -0.1) is 11.3 Å². The topological polar surface area (TPSA) is 63.2 Å². The molecule has 0 aliphatic rings. The molecule has 6 heteroatoms. The highest BCUT2D eigenvalue weighted by atomic mass is 32.1. The third-order valence-corrected chi connectivity index (χ3v) is 3.72. The van der Waals surface area contributed by atoms with Crippen molar-refractivity contribution in [1.82, 2.24) is 10.3 Å². The molecular weight excluding hydrogens is 298 g/mol. The number of carbonyl (C=O) groups excluding carboxylic acids is 1. The molecule has 22 heavy (non-hydrogen) atoms. The minimum absolute atomic E-state index is 0.280. The molecule has 0 atom stereocenters. The van der Waals surface area contributed by atoms with Gasteiger partial charge in [0.05, 0.1) is 6.54 Å². The molecule has 2 N–H and O–H groups in total. The lowest BCUT2D eigenvalue weighted by Crippen LogP contribution is -2.32. The second-order valence-electron chi connectivity index (χ2n) is 4.58. The van der Waals surface area contributed by atoms with Crippen LogP contribution in [0.1, 0.15) is 0 Å². The van der Waals surface area contributed by atoms with Crippen LogP contribution in [-0.2, 0) is 0 Å². The quantitative estimate of drug-likeness (QED) is 0.709. The molecule has 0 fully saturated rings. The fourth-order valence-corrected chi connectivity index (χ4v) is 2.54. The van der Waals surface area contributed by atoms with Gasteiger partial charge < -0.3 is 10.1 Å². The molecule has 0 aliphatic carbocycles. The Balaban J connectivity index is 1.45. The Hall–Kier alpha value is -2.60. The molecule has 3 rings (SSSR count). The first-order valence-corrected chi connectivity index (χ1v) is 7.75. The van der Waals surface area contributed by atoms with E-state index in [2.05, 4.69) is 21.7 Å². The molecule has 2 amide bonds. The normalized spacial score (nSPS) is 10.4. The van der Waals surface area contributed by atoms with Gasteiger partial charge >= 0.3 is 6.03 Å². The average Bonchev–Trinajstić information content (AvgIpc) is 3.04. The van der Waals surface area contributed by atoms with E-state index in [-0.39, 0.29) is 6.03 Å². The van der Waals surface area contributed by atoms with Crippen molar-refractivity contribution in [3.63, 3.8) is 0 Å². The van der Waals surface area contributed by atoms with Crippen molar-refractivity contribution in [2.24, 2.45) is 0 Å². The number of carbonyl (C=O) groups is 1. The summed E-state index contributed by atoms with van der Waals surface area (Å²) in [7, 11) is 0. The van der Waals surface area contributed by atoms with E-state index in [1.165, 1.54) is 16.7 Å². The fraction of sp³-hybridized carbons (Fsp3) is 0.125. The van der Waals surface area contributed by atoms with Gasteiger partial charge in [0.25, 0.3) is 0 Å². The number of benzene rings is 2. The summed E-state index contributed by atoms with van der Waals surface area (Å²) in [6, 6.07) is 13.8. The predicted octanol–water partition coefficient (Wildman–Crippen LogP) is 3.50. The maximum absolute atomic E-state index is 11.6. The number of nitrogens with zero attached hydrogens (tertiary/aromatic N) is 1. The number of aromatic nitrogens is 1. The summed E-state index contributed by atoms with van der Waals surface area (Å²) in [5, 5.41) is 10.1. The van der Waals surface area contributed by atoms with E-state index < -0.39 is 0 Å². The predicted molar refractivity (Wildman–Crippen MR) is 88.6 cm³/mol. The maximum Gasteiger partial charge on any atom is 0.321 e. The third kappa shape index (κ3) is 3.73. The summed E-state index contributed by atoms with van der Waals surface area (Å²) < 4.78 is 5.64. The Morgan fingerprint density at radius 3 is 2.86 bits per heavy atom.